The summed E-state index contributed by atoms with van der Waals surface area (Å²) < 4.78 is 11.7. The van der Waals surface area contributed by atoms with Gasteiger partial charge < -0.3 is 20.1 Å². The second-order valence-electron chi connectivity index (χ2n) is 5.42. The molecule has 3 rings (SSSR count). The Morgan fingerprint density at radius 3 is 2.84 bits per heavy atom. The van der Waals surface area contributed by atoms with E-state index in [1.165, 1.54) is 16.8 Å². The van der Waals surface area contributed by atoms with E-state index < -0.39 is 0 Å². The summed E-state index contributed by atoms with van der Waals surface area (Å²) in [4.78, 5) is 2.38. The third kappa shape index (κ3) is 2.36. The highest BCUT2D eigenvalue weighted by atomic mass is 16.7. The van der Waals surface area contributed by atoms with Crippen molar-refractivity contribution in [1.82, 2.24) is 0 Å². The average molecular weight is 262 g/mol. The van der Waals surface area contributed by atoms with Gasteiger partial charge in [0.05, 0.1) is 19.8 Å². The molecule has 2 aliphatic rings. The van der Waals surface area contributed by atoms with Crippen molar-refractivity contribution < 1.29 is 9.47 Å². The Labute approximate surface area is 114 Å². The van der Waals surface area contributed by atoms with Crippen LogP contribution in [0.4, 0.5) is 5.69 Å². The number of hydrogen-bond donors (Lipinski definition) is 1. The van der Waals surface area contributed by atoms with Gasteiger partial charge in [-0.2, -0.15) is 0 Å². The molecule has 0 bridgehead atoms. The fourth-order valence-corrected chi connectivity index (χ4v) is 3.25. The molecule has 1 aromatic carbocycles. The number of para-hydroxylation sites is 1. The van der Waals surface area contributed by atoms with E-state index in [-0.39, 0.29) is 5.79 Å². The number of nitrogens with two attached hydrogens (primary N) is 1. The van der Waals surface area contributed by atoms with Crippen LogP contribution in [0, 0.1) is 6.92 Å². The highest BCUT2D eigenvalue weighted by molar-refractivity contribution is 5.59. The molecule has 2 fully saturated rings. The van der Waals surface area contributed by atoms with Gasteiger partial charge in [0.25, 0.3) is 0 Å². The Balaban J connectivity index is 1.89. The zero-order chi connectivity index (χ0) is 13.3. The summed E-state index contributed by atoms with van der Waals surface area (Å²) in [7, 11) is 0. The number of ether oxygens (including phenoxy) is 2. The van der Waals surface area contributed by atoms with Crippen molar-refractivity contribution in [1.29, 1.82) is 0 Å². The van der Waals surface area contributed by atoms with Crippen LogP contribution in [0.1, 0.15) is 24.0 Å². The van der Waals surface area contributed by atoms with Gasteiger partial charge in [-0.15, -0.1) is 0 Å². The second kappa shape index (κ2) is 5.12. The SMILES string of the molecule is Cc1cccc(CN)c1N1CCCC2(C1)OCCO2. The van der Waals surface area contributed by atoms with Crippen LogP contribution in [0.15, 0.2) is 18.2 Å². The minimum Gasteiger partial charge on any atom is -0.366 e. The molecule has 0 aromatic heterocycles. The Kier molecular flexibility index (Phi) is 3.48. The summed E-state index contributed by atoms with van der Waals surface area (Å²) in [6.07, 6.45) is 2.09. The summed E-state index contributed by atoms with van der Waals surface area (Å²) >= 11 is 0. The average Bonchev–Trinajstić information content (AvgIpc) is 2.86. The lowest BCUT2D eigenvalue weighted by Crippen LogP contribution is -2.49. The van der Waals surface area contributed by atoms with Crippen LogP contribution in [0.2, 0.25) is 0 Å². The molecule has 0 unspecified atom stereocenters. The summed E-state index contributed by atoms with van der Waals surface area (Å²) in [6, 6.07) is 6.33. The smallest absolute Gasteiger partial charge is 0.186 e. The van der Waals surface area contributed by atoms with Crippen LogP contribution < -0.4 is 10.6 Å². The number of aryl methyl sites for hydroxylation is 1. The first-order chi connectivity index (χ1) is 9.24. The van der Waals surface area contributed by atoms with Gasteiger partial charge in [-0.05, 0) is 24.5 Å². The summed E-state index contributed by atoms with van der Waals surface area (Å²) in [5.74, 6) is -0.383. The van der Waals surface area contributed by atoms with Crippen molar-refractivity contribution in [2.45, 2.75) is 32.1 Å². The molecule has 0 atom stereocenters. The van der Waals surface area contributed by atoms with E-state index in [1.54, 1.807) is 0 Å². The van der Waals surface area contributed by atoms with E-state index in [2.05, 4.69) is 30.0 Å². The number of nitrogens with zero attached hydrogens (tertiary/aromatic N) is 1. The Bertz CT molecular complexity index is 455. The maximum atomic E-state index is 5.88. The maximum absolute atomic E-state index is 5.88. The van der Waals surface area contributed by atoms with Crippen molar-refractivity contribution in [2.75, 3.05) is 31.2 Å². The van der Waals surface area contributed by atoms with Gasteiger partial charge in [-0.3, -0.25) is 0 Å². The Morgan fingerprint density at radius 1 is 1.32 bits per heavy atom. The zero-order valence-electron chi connectivity index (χ0n) is 11.5. The molecule has 0 radical (unpaired) electrons. The summed E-state index contributed by atoms with van der Waals surface area (Å²) in [6.45, 7) is 6.00. The molecule has 2 aliphatic heterocycles. The minimum atomic E-state index is -0.383. The zero-order valence-corrected chi connectivity index (χ0v) is 11.5. The summed E-state index contributed by atoms with van der Waals surface area (Å²) in [5.41, 5.74) is 9.63. The number of rotatable bonds is 2. The normalized spacial score (nSPS) is 22.1. The van der Waals surface area contributed by atoms with E-state index in [0.29, 0.717) is 19.8 Å². The van der Waals surface area contributed by atoms with Crippen LogP contribution in [-0.4, -0.2) is 32.1 Å². The predicted octanol–water partition coefficient (Wildman–Crippen LogP) is 1.80. The number of piperidine rings is 1. The van der Waals surface area contributed by atoms with Crippen molar-refractivity contribution in [2.24, 2.45) is 5.73 Å². The largest absolute Gasteiger partial charge is 0.366 e. The fraction of sp³-hybridized carbons (Fsp3) is 0.600. The quantitative estimate of drug-likeness (QED) is 0.883. The lowest BCUT2D eigenvalue weighted by atomic mass is 10.00. The van der Waals surface area contributed by atoms with Gasteiger partial charge >= 0.3 is 0 Å². The molecule has 19 heavy (non-hydrogen) atoms. The molecule has 4 heteroatoms. The molecule has 2 saturated heterocycles. The molecular formula is C15H22N2O2. The van der Waals surface area contributed by atoms with Crippen molar-refractivity contribution >= 4 is 5.69 Å². The van der Waals surface area contributed by atoms with Gasteiger partial charge in [0.1, 0.15) is 0 Å². The van der Waals surface area contributed by atoms with E-state index in [0.717, 1.165) is 25.9 Å². The molecule has 0 aliphatic carbocycles. The monoisotopic (exact) mass is 262 g/mol. The topological polar surface area (TPSA) is 47.7 Å². The fourth-order valence-electron chi connectivity index (χ4n) is 3.25. The Hall–Kier alpha value is -1.10. The van der Waals surface area contributed by atoms with Crippen LogP contribution in [-0.2, 0) is 16.0 Å². The molecule has 2 N–H and O–H groups in total. The molecule has 0 saturated carbocycles. The molecule has 2 heterocycles. The predicted molar refractivity (Wildman–Crippen MR) is 75.2 cm³/mol. The van der Waals surface area contributed by atoms with E-state index in [9.17, 15) is 0 Å². The molecule has 1 aromatic rings. The van der Waals surface area contributed by atoms with Gasteiger partial charge in [0.15, 0.2) is 5.79 Å². The highest BCUT2D eigenvalue weighted by Gasteiger charge is 2.41. The number of benzene rings is 1. The van der Waals surface area contributed by atoms with Crippen LogP contribution in [0.3, 0.4) is 0 Å². The van der Waals surface area contributed by atoms with Crippen LogP contribution in [0.25, 0.3) is 0 Å². The lowest BCUT2D eigenvalue weighted by molar-refractivity contribution is -0.161. The third-order valence-electron chi connectivity index (χ3n) is 4.09. The van der Waals surface area contributed by atoms with E-state index >= 15 is 0 Å². The number of hydrogen-bond acceptors (Lipinski definition) is 4. The van der Waals surface area contributed by atoms with Gasteiger partial charge in [0, 0.05) is 25.2 Å². The van der Waals surface area contributed by atoms with Crippen molar-refractivity contribution in [3.05, 3.63) is 29.3 Å². The maximum Gasteiger partial charge on any atom is 0.186 e. The van der Waals surface area contributed by atoms with Crippen LogP contribution in [0.5, 0.6) is 0 Å². The molecule has 0 amide bonds. The highest BCUT2D eigenvalue weighted by Crippen LogP contribution is 2.35. The van der Waals surface area contributed by atoms with Gasteiger partial charge in [0.2, 0.25) is 0 Å². The van der Waals surface area contributed by atoms with Gasteiger partial charge in [-0.25, -0.2) is 0 Å². The standard InChI is InChI=1S/C15H22N2O2/c1-12-4-2-5-13(10-16)14(12)17-7-3-6-15(11-17)18-8-9-19-15/h2,4-5H,3,6-11,16H2,1H3. The minimum absolute atomic E-state index is 0.383. The number of anilines is 1. The first-order valence-corrected chi connectivity index (χ1v) is 7.05. The van der Waals surface area contributed by atoms with Crippen molar-refractivity contribution in [3.63, 3.8) is 0 Å². The summed E-state index contributed by atoms with van der Waals surface area (Å²) in [5, 5.41) is 0. The van der Waals surface area contributed by atoms with Crippen LogP contribution >= 0.6 is 0 Å². The van der Waals surface area contributed by atoms with E-state index in [1.807, 2.05) is 0 Å². The van der Waals surface area contributed by atoms with Gasteiger partial charge in [-0.1, -0.05) is 18.2 Å². The first-order valence-electron chi connectivity index (χ1n) is 7.05. The third-order valence-corrected chi connectivity index (χ3v) is 4.09. The first kappa shape index (κ1) is 12.9. The molecule has 4 nitrogen and oxygen atoms in total. The van der Waals surface area contributed by atoms with Crippen molar-refractivity contribution in [3.8, 4) is 0 Å². The second-order valence-corrected chi connectivity index (χ2v) is 5.42. The molecule has 1 spiro atoms. The van der Waals surface area contributed by atoms with E-state index in [4.69, 9.17) is 15.2 Å². The molecule has 104 valence electrons. The Morgan fingerprint density at radius 2 is 2.11 bits per heavy atom. The molecular weight excluding hydrogens is 240 g/mol. The lowest BCUT2D eigenvalue weighted by Gasteiger charge is -2.41.